The minimum atomic E-state index is 1.06. The first kappa shape index (κ1) is 22.7. The number of hydrogen-bond acceptors (Lipinski definition) is 7. The third kappa shape index (κ3) is 4.25. The lowest BCUT2D eigenvalue weighted by molar-refractivity contribution is -0.642. The van der Waals surface area contributed by atoms with Gasteiger partial charge in [0, 0.05) is 46.0 Å². The van der Waals surface area contributed by atoms with E-state index in [1.165, 1.54) is 42.0 Å². The molecule has 0 saturated carbocycles. The van der Waals surface area contributed by atoms with Gasteiger partial charge >= 0.3 is 0 Å². The molecule has 1 aliphatic rings. The van der Waals surface area contributed by atoms with E-state index in [0.29, 0.717) is 0 Å². The van der Waals surface area contributed by atoms with Gasteiger partial charge in [-0.05, 0) is 44.2 Å². The molecule has 35 heavy (non-hydrogen) atoms. The molecule has 6 rings (SSSR count). The fourth-order valence-electron chi connectivity index (χ4n) is 4.16. The fraction of sp³-hybridized carbons (Fsp3) is 0.148. The third-order valence-electron chi connectivity index (χ3n) is 6.04. The second-order valence-corrected chi connectivity index (χ2v) is 12.6. The van der Waals surface area contributed by atoms with Gasteiger partial charge in [0.15, 0.2) is 0 Å². The van der Waals surface area contributed by atoms with Gasteiger partial charge in [-0.25, -0.2) is 9.97 Å². The number of nitrogens with zero attached hydrogens (tertiary/aromatic N) is 4. The van der Waals surface area contributed by atoms with Crippen LogP contribution < -0.4 is 9.47 Å². The van der Waals surface area contributed by atoms with Crippen molar-refractivity contribution < 1.29 is 4.57 Å². The topological polar surface area (TPSA) is 32.9 Å². The van der Waals surface area contributed by atoms with Gasteiger partial charge in [0.2, 0.25) is 5.52 Å². The van der Waals surface area contributed by atoms with E-state index in [4.69, 9.17) is 0 Å². The number of fused-ring (bicyclic) bond motifs is 2. The summed E-state index contributed by atoms with van der Waals surface area (Å²) in [5, 5.41) is 8.89. The highest BCUT2D eigenvalue weighted by molar-refractivity contribution is 8.03. The number of allylic oxidation sites excluding steroid dienone is 2. The van der Waals surface area contributed by atoms with Gasteiger partial charge in [0.25, 0.3) is 5.01 Å². The molecule has 0 amide bonds. The van der Waals surface area contributed by atoms with Crippen molar-refractivity contribution in [3.8, 4) is 22.5 Å². The second kappa shape index (κ2) is 9.02. The molecule has 4 heterocycles. The largest absolute Gasteiger partial charge is 0.338 e. The summed E-state index contributed by atoms with van der Waals surface area (Å²) in [6, 6.07) is 13.2. The minimum absolute atomic E-state index is 1.06. The molecule has 0 spiro atoms. The monoisotopic (exact) mass is 531 g/mol. The van der Waals surface area contributed by atoms with Crippen LogP contribution >= 0.6 is 45.8 Å². The molecule has 8 heteroatoms. The van der Waals surface area contributed by atoms with E-state index in [2.05, 4.69) is 113 Å². The van der Waals surface area contributed by atoms with E-state index in [1.54, 1.807) is 22.7 Å². The van der Waals surface area contributed by atoms with Crippen molar-refractivity contribution in [2.45, 2.75) is 18.7 Å². The van der Waals surface area contributed by atoms with Crippen LogP contribution in [0.4, 0.5) is 5.69 Å². The maximum atomic E-state index is 4.64. The predicted molar refractivity (Wildman–Crippen MR) is 153 cm³/mol. The lowest BCUT2D eigenvalue weighted by Crippen LogP contribution is -2.28. The van der Waals surface area contributed by atoms with Gasteiger partial charge < -0.3 is 4.90 Å². The predicted octanol–water partition coefficient (Wildman–Crippen LogP) is 7.69. The number of thioether (sulfide) groups is 1. The van der Waals surface area contributed by atoms with Gasteiger partial charge in [-0.15, -0.1) is 22.7 Å². The number of aryl methyl sites for hydroxylation is 3. The zero-order valence-electron chi connectivity index (χ0n) is 19.8. The van der Waals surface area contributed by atoms with Crippen LogP contribution in [0.25, 0.3) is 38.8 Å². The van der Waals surface area contributed by atoms with Gasteiger partial charge in [-0.3, -0.25) is 0 Å². The number of anilines is 1. The van der Waals surface area contributed by atoms with Crippen LogP contribution in [0.5, 0.6) is 0 Å². The highest BCUT2D eigenvalue weighted by Gasteiger charge is 2.22. The first-order chi connectivity index (χ1) is 17.0. The first-order valence-electron chi connectivity index (χ1n) is 11.2. The van der Waals surface area contributed by atoms with E-state index in [-0.39, 0.29) is 0 Å². The summed E-state index contributed by atoms with van der Waals surface area (Å²) >= 11 is 7.00. The summed E-state index contributed by atoms with van der Waals surface area (Å²) in [5.41, 5.74) is 6.94. The maximum absolute atomic E-state index is 4.64. The number of hydrogen-bond donors (Lipinski definition) is 0. The molecule has 0 N–H and O–H groups in total. The van der Waals surface area contributed by atoms with Crippen LogP contribution in [0.3, 0.4) is 0 Å². The molecule has 0 saturated heterocycles. The van der Waals surface area contributed by atoms with Crippen molar-refractivity contribution >= 4 is 67.8 Å². The summed E-state index contributed by atoms with van der Waals surface area (Å²) in [6.45, 7) is 4.10. The van der Waals surface area contributed by atoms with Gasteiger partial charge in [-0.1, -0.05) is 35.2 Å². The Bertz CT molecular complexity index is 1640. The minimum Gasteiger partial charge on any atom is -0.338 e. The highest BCUT2D eigenvalue weighted by atomic mass is 32.2. The molecule has 5 aromatic rings. The summed E-state index contributed by atoms with van der Waals surface area (Å²) in [5.74, 6) is 0. The second-order valence-electron chi connectivity index (χ2n) is 8.39. The summed E-state index contributed by atoms with van der Waals surface area (Å²) in [4.78, 5) is 12.8. The Morgan fingerprint density at radius 3 is 2.29 bits per heavy atom. The SMILES string of the molecule is Cc1nc(-c2ccc3c(c2)S/C(=C\C=C/c2sc4cc(-c5csc(C)n5)ccc4[n+]2C)N3C)cs1. The van der Waals surface area contributed by atoms with Crippen molar-refractivity contribution in [2.24, 2.45) is 7.05 Å². The zero-order chi connectivity index (χ0) is 24.1. The normalized spacial score (nSPS) is 14.6. The van der Waals surface area contributed by atoms with Crippen molar-refractivity contribution in [3.63, 3.8) is 0 Å². The molecule has 2 aromatic carbocycles. The number of rotatable bonds is 4. The highest BCUT2D eigenvalue weighted by Crippen LogP contribution is 2.46. The Hall–Kier alpha value is -2.78. The smallest absolute Gasteiger partial charge is 0.262 e. The molecule has 174 valence electrons. The van der Waals surface area contributed by atoms with Crippen LogP contribution in [-0.4, -0.2) is 17.0 Å². The molecule has 1 aliphatic heterocycles. The van der Waals surface area contributed by atoms with E-state index in [9.17, 15) is 0 Å². The Morgan fingerprint density at radius 1 is 0.914 bits per heavy atom. The zero-order valence-corrected chi connectivity index (χ0v) is 23.0. The standard InChI is InChI=1S/C27H23N4S4/c1-16-28-20(14-32-16)18-8-10-22-24(12-18)34-26(30(22)3)6-5-7-27-31(4)23-11-9-19(13-25(23)35-27)21-15-33-17(2)29-21/h5-15H,1-4H3/q+1. The number of benzene rings is 2. The van der Waals surface area contributed by atoms with E-state index in [0.717, 1.165) is 21.4 Å². The van der Waals surface area contributed by atoms with E-state index < -0.39 is 0 Å². The Balaban J connectivity index is 1.24. The number of thiazole rings is 3. The Labute approximate surface area is 220 Å². The maximum Gasteiger partial charge on any atom is 0.262 e. The fourth-order valence-corrected chi connectivity index (χ4v) is 7.61. The van der Waals surface area contributed by atoms with Gasteiger partial charge in [-0.2, -0.15) is 4.57 Å². The van der Waals surface area contributed by atoms with Crippen molar-refractivity contribution in [2.75, 3.05) is 11.9 Å². The molecular formula is C27H23N4S4+. The molecule has 0 bridgehead atoms. The molecule has 0 atom stereocenters. The van der Waals surface area contributed by atoms with Crippen molar-refractivity contribution in [3.05, 3.63) is 79.4 Å². The average molecular weight is 532 g/mol. The van der Waals surface area contributed by atoms with E-state index in [1.807, 2.05) is 23.1 Å². The molecule has 3 aromatic heterocycles. The van der Waals surface area contributed by atoms with Crippen LogP contribution in [0.1, 0.15) is 15.0 Å². The van der Waals surface area contributed by atoms with Crippen LogP contribution in [0.15, 0.2) is 69.2 Å². The number of aromatic nitrogens is 3. The molecule has 4 nitrogen and oxygen atoms in total. The quantitative estimate of drug-likeness (QED) is 0.223. The van der Waals surface area contributed by atoms with Crippen molar-refractivity contribution in [1.82, 2.24) is 9.97 Å². The average Bonchev–Trinajstić information content (AvgIpc) is 3.62. The van der Waals surface area contributed by atoms with E-state index >= 15 is 0 Å². The Kier molecular flexibility index (Phi) is 5.84. The van der Waals surface area contributed by atoms with Gasteiger partial charge in [0.05, 0.1) is 32.1 Å². The summed E-state index contributed by atoms with van der Waals surface area (Å²) in [6.07, 6.45) is 6.56. The lowest BCUT2D eigenvalue weighted by atomic mass is 10.1. The van der Waals surface area contributed by atoms with Gasteiger partial charge in [0.1, 0.15) is 11.7 Å². The molecule has 0 fully saturated rings. The molecule has 0 radical (unpaired) electrons. The molecule has 0 unspecified atom stereocenters. The first-order valence-corrected chi connectivity index (χ1v) is 14.6. The van der Waals surface area contributed by atoms with Crippen LogP contribution in [0.2, 0.25) is 0 Å². The molecular weight excluding hydrogens is 509 g/mol. The van der Waals surface area contributed by atoms with Crippen molar-refractivity contribution in [1.29, 1.82) is 0 Å². The summed E-state index contributed by atoms with van der Waals surface area (Å²) in [7, 11) is 4.26. The lowest BCUT2D eigenvalue weighted by Gasteiger charge is -2.12. The molecule has 0 aliphatic carbocycles. The summed E-state index contributed by atoms with van der Waals surface area (Å²) < 4.78 is 3.53. The Morgan fingerprint density at radius 2 is 1.60 bits per heavy atom. The third-order valence-corrected chi connectivity index (χ3v) is 9.92. The van der Waals surface area contributed by atoms with Crippen LogP contribution in [-0.2, 0) is 7.05 Å². The van der Waals surface area contributed by atoms with Crippen LogP contribution in [0, 0.1) is 13.8 Å².